The van der Waals surface area contributed by atoms with Crippen molar-refractivity contribution in [3.8, 4) is 0 Å². The molecule has 0 saturated heterocycles. The summed E-state index contributed by atoms with van der Waals surface area (Å²) < 4.78 is 11.8. The normalized spacial score (nSPS) is 10.9. The molecule has 0 saturated carbocycles. The lowest BCUT2D eigenvalue weighted by molar-refractivity contribution is 0.0830. The molecule has 0 radical (unpaired) electrons. The van der Waals surface area contributed by atoms with Crippen molar-refractivity contribution in [2.45, 2.75) is 6.04 Å². The van der Waals surface area contributed by atoms with Crippen LogP contribution in [0, 0.1) is 0 Å². The fourth-order valence-corrected chi connectivity index (χ4v) is 0.998. The summed E-state index contributed by atoms with van der Waals surface area (Å²) in [5, 5.41) is 7.57. The smallest absolute Gasteiger partial charge is 0.100 e. The molecule has 1 aromatic rings. The van der Waals surface area contributed by atoms with Crippen LogP contribution in [-0.4, -0.2) is 42.4 Å². The van der Waals surface area contributed by atoms with Gasteiger partial charge in [-0.15, -0.1) is 5.10 Å². The van der Waals surface area contributed by atoms with E-state index in [2.05, 4.69) is 10.3 Å². The molecule has 1 heterocycles. The van der Waals surface area contributed by atoms with Gasteiger partial charge in [-0.05, 0) is 0 Å². The van der Waals surface area contributed by atoms with Crippen LogP contribution in [0.3, 0.4) is 0 Å². The highest BCUT2D eigenvalue weighted by molar-refractivity contribution is 4.71. The number of rotatable bonds is 5. The Labute approximate surface area is 71.3 Å². The van der Waals surface area contributed by atoms with Gasteiger partial charge in [0.15, 0.2) is 0 Å². The minimum Gasteiger partial charge on any atom is -0.382 e. The molecule has 0 fully saturated rings. The van der Waals surface area contributed by atoms with Gasteiger partial charge < -0.3 is 9.47 Å². The Balaban J connectivity index is 2.53. The molecule has 0 atom stereocenters. The molecule has 0 aromatic carbocycles. The van der Waals surface area contributed by atoms with E-state index in [-0.39, 0.29) is 6.04 Å². The van der Waals surface area contributed by atoms with Crippen molar-refractivity contribution >= 4 is 0 Å². The zero-order valence-electron chi connectivity index (χ0n) is 7.30. The Morgan fingerprint density at radius 2 is 2.00 bits per heavy atom. The summed E-state index contributed by atoms with van der Waals surface area (Å²) in [6.07, 6.45) is 3.43. The highest BCUT2D eigenvalue weighted by Crippen LogP contribution is 2.03. The van der Waals surface area contributed by atoms with Crippen LogP contribution in [0.5, 0.6) is 0 Å². The van der Waals surface area contributed by atoms with Gasteiger partial charge in [0.1, 0.15) is 6.04 Å². The van der Waals surface area contributed by atoms with Crippen LogP contribution in [0.1, 0.15) is 6.04 Å². The molecule has 0 aliphatic rings. The predicted octanol–water partition coefficient (Wildman–Crippen LogP) is 0.112. The molecule has 5 heteroatoms. The van der Waals surface area contributed by atoms with Crippen LogP contribution in [0.25, 0.3) is 0 Å². The highest BCUT2D eigenvalue weighted by Gasteiger charge is 2.10. The second kappa shape index (κ2) is 4.84. The van der Waals surface area contributed by atoms with Crippen molar-refractivity contribution in [3.63, 3.8) is 0 Å². The molecule has 0 unspecified atom stereocenters. The summed E-state index contributed by atoms with van der Waals surface area (Å²) in [6, 6.07) is 0.113. The first kappa shape index (κ1) is 9.15. The van der Waals surface area contributed by atoms with Crippen molar-refractivity contribution in [3.05, 3.63) is 12.4 Å². The van der Waals surface area contributed by atoms with Crippen LogP contribution in [0.15, 0.2) is 12.4 Å². The molecule has 0 spiro atoms. The third-order valence-corrected chi connectivity index (χ3v) is 1.53. The van der Waals surface area contributed by atoms with E-state index in [1.165, 1.54) is 0 Å². The maximum Gasteiger partial charge on any atom is 0.100 e. The van der Waals surface area contributed by atoms with Gasteiger partial charge in [-0.2, -0.15) is 0 Å². The Morgan fingerprint density at radius 1 is 1.33 bits per heavy atom. The van der Waals surface area contributed by atoms with Crippen LogP contribution in [-0.2, 0) is 9.47 Å². The number of aromatic nitrogens is 3. The number of ether oxygens (including phenoxy) is 2. The molecular formula is C7H13N3O2. The first-order chi connectivity index (χ1) is 5.88. The maximum absolute atomic E-state index is 5.01. The molecule has 0 N–H and O–H groups in total. The van der Waals surface area contributed by atoms with Crippen molar-refractivity contribution in [2.24, 2.45) is 0 Å². The lowest BCUT2D eigenvalue weighted by Crippen LogP contribution is -2.20. The summed E-state index contributed by atoms with van der Waals surface area (Å²) in [6.45, 7) is 1.16. The third kappa shape index (κ3) is 2.28. The van der Waals surface area contributed by atoms with Crippen LogP contribution < -0.4 is 0 Å². The second-order valence-electron chi connectivity index (χ2n) is 2.45. The molecule has 0 amide bonds. The maximum atomic E-state index is 5.01. The van der Waals surface area contributed by atoms with Crippen LogP contribution in [0.4, 0.5) is 0 Å². The van der Waals surface area contributed by atoms with Gasteiger partial charge >= 0.3 is 0 Å². The molecule has 0 aliphatic heterocycles. The topological polar surface area (TPSA) is 49.2 Å². The van der Waals surface area contributed by atoms with Crippen LogP contribution >= 0.6 is 0 Å². The Hall–Kier alpha value is -0.940. The first-order valence-electron chi connectivity index (χ1n) is 3.72. The Bertz CT molecular complexity index is 194. The number of nitrogens with zero attached hydrogens (tertiary/aromatic N) is 3. The fraction of sp³-hybridized carbons (Fsp3) is 0.714. The average molecular weight is 171 g/mol. The zero-order chi connectivity index (χ0) is 8.81. The van der Waals surface area contributed by atoms with Gasteiger partial charge in [-0.3, -0.25) is 0 Å². The summed E-state index contributed by atoms with van der Waals surface area (Å²) in [5.41, 5.74) is 0. The van der Waals surface area contributed by atoms with E-state index in [0.717, 1.165) is 0 Å². The first-order valence-corrected chi connectivity index (χ1v) is 3.72. The predicted molar refractivity (Wildman–Crippen MR) is 42.8 cm³/mol. The van der Waals surface area contributed by atoms with Gasteiger partial charge in [-0.1, -0.05) is 5.21 Å². The molecule has 0 aliphatic carbocycles. The van der Waals surface area contributed by atoms with E-state index in [4.69, 9.17) is 9.47 Å². The molecule has 1 rings (SSSR count). The molecule has 1 aromatic heterocycles. The van der Waals surface area contributed by atoms with E-state index in [0.29, 0.717) is 13.2 Å². The monoisotopic (exact) mass is 171 g/mol. The second-order valence-corrected chi connectivity index (χ2v) is 2.45. The highest BCUT2D eigenvalue weighted by atomic mass is 16.5. The summed E-state index contributed by atoms with van der Waals surface area (Å²) in [4.78, 5) is 0. The van der Waals surface area contributed by atoms with E-state index in [1.807, 2.05) is 0 Å². The van der Waals surface area contributed by atoms with Gasteiger partial charge in [0, 0.05) is 20.4 Å². The van der Waals surface area contributed by atoms with Crippen molar-refractivity contribution in [1.82, 2.24) is 15.0 Å². The van der Waals surface area contributed by atoms with Crippen LogP contribution in [0.2, 0.25) is 0 Å². The largest absolute Gasteiger partial charge is 0.382 e. The van der Waals surface area contributed by atoms with Crippen molar-refractivity contribution < 1.29 is 9.47 Å². The van der Waals surface area contributed by atoms with E-state index in [9.17, 15) is 0 Å². The van der Waals surface area contributed by atoms with Gasteiger partial charge in [0.2, 0.25) is 0 Å². The summed E-state index contributed by atoms with van der Waals surface area (Å²) in [7, 11) is 3.30. The quantitative estimate of drug-likeness (QED) is 0.631. The van der Waals surface area contributed by atoms with Crippen molar-refractivity contribution in [1.29, 1.82) is 0 Å². The summed E-state index contributed by atoms with van der Waals surface area (Å²) in [5.74, 6) is 0. The lowest BCUT2D eigenvalue weighted by atomic mass is 10.3. The molecule has 68 valence electrons. The lowest BCUT2D eigenvalue weighted by Gasteiger charge is -2.14. The van der Waals surface area contributed by atoms with E-state index < -0.39 is 0 Å². The Kier molecular flexibility index (Phi) is 3.69. The minimum absolute atomic E-state index is 0.113. The van der Waals surface area contributed by atoms with Gasteiger partial charge in [0.25, 0.3) is 0 Å². The fourth-order valence-electron chi connectivity index (χ4n) is 0.998. The third-order valence-electron chi connectivity index (χ3n) is 1.53. The van der Waals surface area contributed by atoms with Crippen molar-refractivity contribution in [2.75, 3.05) is 27.4 Å². The van der Waals surface area contributed by atoms with Gasteiger partial charge in [-0.25, -0.2) is 4.68 Å². The zero-order valence-corrected chi connectivity index (χ0v) is 7.30. The number of hydrogen-bond acceptors (Lipinski definition) is 4. The average Bonchev–Trinajstić information content (AvgIpc) is 2.56. The molecule has 0 bridgehead atoms. The van der Waals surface area contributed by atoms with E-state index in [1.54, 1.807) is 31.3 Å². The number of methoxy groups -OCH3 is 2. The molecule has 12 heavy (non-hydrogen) atoms. The van der Waals surface area contributed by atoms with Gasteiger partial charge in [0.05, 0.1) is 19.4 Å². The molecular weight excluding hydrogens is 158 g/mol. The number of hydrogen-bond donors (Lipinski definition) is 0. The SMILES string of the molecule is COCC(COC)n1ccnn1. The molecule has 5 nitrogen and oxygen atoms in total. The Morgan fingerprint density at radius 3 is 2.42 bits per heavy atom. The van der Waals surface area contributed by atoms with E-state index >= 15 is 0 Å². The summed E-state index contributed by atoms with van der Waals surface area (Å²) >= 11 is 0. The minimum atomic E-state index is 0.113. The standard InChI is InChI=1S/C7H13N3O2/c1-11-5-7(6-12-2)10-4-3-8-9-10/h3-4,7H,5-6H2,1-2H3.